The van der Waals surface area contributed by atoms with Crippen LogP contribution in [0.3, 0.4) is 0 Å². The number of carbonyl (C=O) groups is 1. The van der Waals surface area contributed by atoms with E-state index in [0.29, 0.717) is 18.4 Å². The van der Waals surface area contributed by atoms with Crippen LogP contribution in [0.4, 0.5) is 0 Å². The van der Waals surface area contributed by atoms with Gasteiger partial charge >= 0.3 is 0 Å². The van der Waals surface area contributed by atoms with Crippen molar-refractivity contribution in [1.82, 2.24) is 0 Å². The fourth-order valence-electron chi connectivity index (χ4n) is 2.73. The lowest BCUT2D eigenvalue weighted by molar-refractivity contribution is -0.105. The topological polar surface area (TPSA) is 37.3 Å². The van der Waals surface area contributed by atoms with Gasteiger partial charge in [-0.25, -0.2) is 0 Å². The number of hydrogen-bond donors (Lipinski definition) is 1. The zero-order valence-corrected chi connectivity index (χ0v) is 14.5. The number of aldehydes is 1. The second-order valence-electron chi connectivity index (χ2n) is 6.48. The third kappa shape index (κ3) is 6.57. The molecule has 122 valence electrons. The third-order valence-corrected chi connectivity index (χ3v) is 4.33. The van der Waals surface area contributed by atoms with Crippen LogP contribution in [0.5, 0.6) is 0 Å². The first-order chi connectivity index (χ1) is 10.4. The summed E-state index contributed by atoms with van der Waals surface area (Å²) in [6.07, 6.45) is 12.4. The molecule has 0 aliphatic heterocycles. The molecule has 0 heterocycles. The Labute approximate surface area is 135 Å². The Hall–Kier alpha value is -1.41. The van der Waals surface area contributed by atoms with Crippen LogP contribution in [0.25, 0.3) is 0 Å². The van der Waals surface area contributed by atoms with Crippen molar-refractivity contribution in [1.29, 1.82) is 0 Å². The average molecular weight is 302 g/mol. The zero-order valence-electron chi connectivity index (χ0n) is 14.5. The van der Waals surface area contributed by atoms with Gasteiger partial charge < -0.3 is 5.11 Å². The number of hydrogen-bond acceptors (Lipinski definition) is 2. The fraction of sp³-hybridized carbons (Fsp3) is 0.550. The number of allylic oxidation sites excluding steroid dienone is 6. The zero-order chi connectivity index (χ0) is 16.5. The predicted octanol–water partition coefficient (Wildman–Crippen LogP) is 5.06. The van der Waals surface area contributed by atoms with Crippen molar-refractivity contribution in [3.63, 3.8) is 0 Å². The third-order valence-electron chi connectivity index (χ3n) is 4.33. The van der Waals surface area contributed by atoms with Gasteiger partial charge in [-0.3, -0.25) is 4.79 Å². The molecule has 1 rings (SSSR count). The molecule has 0 saturated carbocycles. The summed E-state index contributed by atoms with van der Waals surface area (Å²) in [6, 6.07) is 0. The molecule has 22 heavy (non-hydrogen) atoms. The molecule has 0 fully saturated rings. The molecule has 0 saturated heterocycles. The molecule has 1 aliphatic carbocycles. The lowest BCUT2D eigenvalue weighted by Crippen LogP contribution is -2.13. The highest BCUT2D eigenvalue weighted by Gasteiger charge is 2.14. The maximum absolute atomic E-state index is 11.1. The second-order valence-corrected chi connectivity index (χ2v) is 6.48. The van der Waals surface area contributed by atoms with Gasteiger partial charge in [0.05, 0.1) is 6.10 Å². The SMILES string of the molecule is C/C(C=O)=C1\C/C=C(\C)CC/C=C(\C)CC/C=C(\C)C[C@@H]1O. The van der Waals surface area contributed by atoms with Gasteiger partial charge in [-0.2, -0.15) is 0 Å². The maximum Gasteiger partial charge on any atom is 0.145 e. The standard InChI is InChI=1S/C20H30O2/c1-15-7-5-9-16(2)11-12-19(18(4)14-21)20(22)13-17(3)10-6-8-15/h7,10-11,14,20,22H,5-6,8-9,12-13H2,1-4H3/b15-7+,16-11+,17-10+,19-18-/t20-/m0/s1. The first kappa shape index (κ1) is 18.6. The van der Waals surface area contributed by atoms with Crippen molar-refractivity contribution in [3.8, 4) is 0 Å². The Morgan fingerprint density at radius 2 is 1.59 bits per heavy atom. The Kier molecular flexibility index (Phi) is 8.11. The molecule has 0 unspecified atom stereocenters. The minimum Gasteiger partial charge on any atom is -0.388 e. The quantitative estimate of drug-likeness (QED) is 0.418. The summed E-state index contributed by atoms with van der Waals surface area (Å²) in [5.41, 5.74) is 5.45. The van der Waals surface area contributed by atoms with Gasteiger partial charge in [-0.15, -0.1) is 0 Å². The molecule has 0 radical (unpaired) electrons. The summed E-state index contributed by atoms with van der Waals surface area (Å²) in [6.45, 7) is 8.17. The Morgan fingerprint density at radius 3 is 2.18 bits per heavy atom. The van der Waals surface area contributed by atoms with E-state index in [9.17, 15) is 9.90 Å². The molecule has 1 atom stereocenters. The van der Waals surface area contributed by atoms with Crippen molar-refractivity contribution in [2.24, 2.45) is 0 Å². The molecule has 1 N–H and O–H groups in total. The molecule has 0 aromatic heterocycles. The first-order valence-corrected chi connectivity index (χ1v) is 8.23. The van der Waals surface area contributed by atoms with Crippen molar-refractivity contribution in [3.05, 3.63) is 46.1 Å². The van der Waals surface area contributed by atoms with Crippen LogP contribution < -0.4 is 0 Å². The van der Waals surface area contributed by atoms with E-state index in [0.717, 1.165) is 37.5 Å². The van der Waals surface area contributed by atoms with Crippen molar-refractivity contribution in [2.45, 2.75) is 72.3 Å². The lowest BCUT2D eigenvalue weighted by Gasteiger charge is -2.17. The highest BCUT2D eigenvalue weighted by molar-refractivity contribution is 5.74. The van der Waals surface area contributed by atoms with Crippen LogP contribution in [0.1, 0.15) is 66.2 Å². The molecule has 1 aliphatic rings. The molecule has 0 amide bonds. The van der Waals surface area contributed by atoms with E-state index in [1.165, 1.54) is 16.7 Å². The van der Waals surface area contributed by atoms with Gasteiger partial charge in [0.1, 0.15) is 6.29 Å². The van der Waals surface area contributed by atoms with Gasteiger partial charge in [0.15, 0.2) is 0 Å². The summed E-state index contributed by atoms with van der Waals surface area (Å²) in [5.74, 6) is 0. The second kappa shape index (κ2) is 9.58. The van der Waals surface area contributed by atoms with Crippen LogP contribution in [0.2, 0.25) is 0 Å². The van der Waals surface area contributed by atoms with Gasteiger partial charge in [0.25, 0.3) is 0 Å². The van der Waals surface area contributed by atoms with E-state index in [-0.39, 0.29) is 0 Å². The van der Waals surface area contributed by atoms with Crippen LogP contribution in [0, 0.1) is 0 Å². The van der Waals surface area contributed by atoms with Crippen LogP contribution in [-0.4, -0.2) is 17.5 Å². The summed E-state index contributed by atoms with van der Waals surface area (Å²) in [4.78, 5) is 11.1. The van der Waals surface area contributed by atoms with Gasteiger partial charge in [0, 0.05) is 0 Å². The molecule has 0 aromatic rings. The fourth-order valence-corrected chi connectivity index (χ4v) is 2.73. The van der Waals surface area contributed by atoms with Gasteiger partial charge in [0.2, 0.25) is 0 Å². The van der Waals surface area contributed by atoms with Crippen molar-refractivity contribution < 1.29 is 9.90 Å². The average Bonchev–Trinajstić information content (AvgIpc) is 2.46. The van der Waals surface area contributed by atoms with E-state index in [1.54, 1.807) is 6.92 Å². The molecule has 0 bridgehead atoms. The molecule has 2 nitrogen and oxygen atoms in total. The number of rotatable bonds is 1. The molecule has 0 spiro atoms. The van der Waals surface area contributed by atoms with Crippen LogP contribution >= 0.6 is 0 Å². The lowest BCUT2D eigenvalue weighted by atomic mass is 9.93. The Balaban J connectivity index is 3.04. The summed E-state index contributed by atoms with van der Waals surface area (Å²) < 4.78 is 0. The molecule has 0 aromatic carbocycles. The number of aliphatic hydroxyl groups excluding tert-OH is 1. The predicted molar refractivity (Wildman–Crippen MR) is 93.7 cm³/mol. The monoisotopic (exact) mass is 302 g/mol. The number of carbonyl (C=O) groups excluding carboxylic acids is 1. The van der Waals surface area contributed by atoms with Gasteiger partial charge in [-0.1, -0.05) is 34.9 Å². The maximum atomic E-state index is 11.1. The van der Waals surface area contributed by atoms with E-state index < -0.39 is 6.10 Å². The van der Waals surface area contributed by atoms with E-state index in [2.05, 4.69) is 39.0 Å². The van der Waals surface area contributed by atoms with Crippen molar-refractivity contribution >= 4 is 6.29 Å². The Bertz CT molecular complexity index is 504. The van der Waals surface area contributed by atoms with E-state index in [1.807, 2.05) is 0 Å². The summed E-state index contributed by atoms with van der Waals surface area (Å²) >= 11 is 0. The number of aliphatic hydroxyl groups is 1. The van der Waals surface area contributed by atoms with E-state index >= 15 is 0 Å². The first-order valence-electron chi connectivity index (χ1n) is 8.23. The van der Waals surface area contributed by atoms with Crippen LogP contribution in [0.15, 0.2) is 46.1 Å². The van der Waals surface area contributed by atoms with Crippen LogP contribution in [-0.2, 0) is 4.79 Å². The van der Waals surface area contributed by atoms with Gasteiger partial charge in [-0.05, 0) is 77.4 Å². The van der Waals surface area contributed by atoms with E-state index in [4.69, 9.17) is 0 Å². The smallest absolute Gasteiger partial charge is 0.145 e. The summed E-state index contributed by atoms with van der Waals surface area (Å²) in [5, 5.41) is 10.5. The van der Waals surface area contributed by atoms with Crippen molar-refractivity contribution in [2.75, 3.05) is 0 Å². The largest absolute Gasteiger partial charge is 0.388 e. The Morgan fingerprint density at radius 1 is 1.05 bits per heavy atom. The highest BCUT2D eigenvalue weighted by atomic mass is 16.3. The molecular weight excluding hydrogens is 272 g/mol. The minimum atomic E-state index is -0.565. The molecular formula is C20H30O2. The normalized spacial score (nSPS) is 31.7. The highest BCUT2D eigenvalue weighted by Crippen LogP contribution is 2.22. The molecule has 2 heteroatoms. The summed E-state index contributed by atoms with van der Waals surface area (Å²) in [7, 11) is 0. The minimum absolute atomic E-state index is 0.565.